The highest BCUT2D eigenvalue weighted by molar-refractivity contribution is 9.10. The Bertz CT molecular complexity index is 372. The van der Waals surface area contributed by atoms with Gasteiger partial charge >= 0.3 is 0 Å². The molecule has 0 saturated heterocycles. The molecule has 1 aromatic rings. The summed E-state index contributed by atoms with van der Waals surface area (Å²) in [5.74, 6) is 0.465. The molecule has 0 atom stereocenters. The summed E-state index contributed by atoms with van der Waals surface area (Å²) < 4.78 is 19.3. The third-order valence-corrected chi connectivity index (χ3v) is 4.93. The fourth-order valence-electron chi connectivity index (χ4n) is 1.82. The Hall–Kier alpha value is -0.0900. The zero-order valence-corrected chi connectivity index (χ0v) is 12.0. The Kier molecular flexibility index (Phi) is 3.90. The van der Waals surface area contributed by atoms with Crippen molar-refractivity contribution in [2.75, 3.05) is 11.9 Å². The fourth-order valence-corrected chi connectivity index (χ4v) is 3.00. The number of benzene rings is 1. The second-order valence-electron chi connectivity index (χ2n) is 4.35. The van der Waals surface area contributed by atoms with Crippen LogP contribution in [0.15, 0.2) is 22.7 Å². The predicted octanol–water partition coefficient (Wildman–Crippen LogP) is 4.53. The SMILES string of the molecule is Fc1ccc(OCC2(CBr)CCC2)c(Br)c1. The van der Waals surface area contributed by atoms with E-state index >= 15 is 0 Å². The van der Waals surface area contributed by atoms with Gasteiger partial charge in [-0.25, -0.2) is 4.39 Å². The molecule has 1 aromatic carbocycles. The minimum absolute atomic E-state index is 0.252. The summed E-state index contributed by atoms with van der Waals surface area (Å²) in [4.78, 5) is 0. The first kappa shape index (κ1) is 12.4. The fraction of sp³-hybridized carbons (Fsp3) is 0.500. The van der Waals surface area contributed by atoms with Crippen LogP contribution in [0.1, 0.15) is 19.3 Å². The highest BCUT2D eigenvalue weighted by atomic mass is 79.9. The van der Waals surface area contributed by atoms with Gasteiger partial charge in [0, 0.05) is 10.7 Å². The molecule has 88 valence electrons. The molecule has 0 amide bonds. The van der Waals surface area contributed by atoms with Crippen LogP contribution in [-0.2, 0) is 0 Å². The maximum atomic E-state index is 12.9. The van der Waals surface area contributed by atoms with E-state index in [1.165, 1.54) is 31.4 Å². The average Bonchev–Trinajstić information content (AvgIpc) is 2.19. The Morgan fingerprint density at radius 3 is 2.62 bits per heavy atom. The van der Waals surface area contributed by atoms with Crippen molar-refractivity contribution in [3.05, 3.63) is 28.5 Å². The average molecular weight is 352 g/mol. The van der Waals surface area contributed by atoms with Crippen LogP contribution in [0, 0.1) is 11.2 Å². The molecule has 0 radical (unpaired) electrons. The molecule has 1 aliphatic rings. The summed E-state index contributed by atoms with van der Waals surface area (Å²) in [6.07, 6.45) is 3.69. The maximum absolute atomic E-state index is 12.9. The van der Waals surface area contributed by atoms with Gasteiger partial charge in [-0.3, -0.25) is 0 Å². The normalized spacial score (nSPS) is 17.9. The standard InChI is InChI=1S/C12H13Br2FO/c13-7-12(4-1-5-12)8-16-11-3-2-9(15)6-10(11)14/h2-3,6H,1,4-5,7-8H2. The van der Waals surface area contributed by atoms with Crippen LogP contribution < -0.4 is 4.74 Å². The molecular weight excluding hydrogens is 339 g/mol. The first-order valence-electron chi connectivity index (χ1n) is 5.29. The summed E-state index contributed by atoms with van der Waals surface area (Å²) in [5.41, 5.74) is 0.286. The van der Waals surface area contributed by atoms with Crippen molar-refractivity contribution in [1.82, 2.24) is 0 Å². The lowest BCUT2D eigenvalue weighted by Crippen LogP contribution is -2.37. The van der Waals surface area contributed by atoms with Crippen molar-refractivity contribution in [3.8, 4) is 5.75 Å². The number of alkyl halides is 1. The van der Waals surface area contributed by atoms with E-state index in [4.69, 9.17) is 4.74 Å². The van der Waals surface area contributed by atoms with Crippen molar-refractivity contribution in [3.63, 3.8) is 0 Å². The van der Waals surface area contributed by atoms with Crippen LogP contribution >= 0.6 is 31.9 Å². The van der Waals surface area contributed by atoms with E-state index in [1.807, 2.05) is 0 Å². The lowest BCUT2D eigenvalue weighted by Gasteiger charge is -2.40. The Labute approximate surface area is 112 Å². The van der Waals surface area contributed by atoms with Crippen LogP contribution in [0.4, 0.5) is 4.39 Å². The molecule has 0 spiro atoms. The highest BCUT2D eigenvalue weighted by Crippen LogP contribution is 2.43. The minimum atomic E-state index is -0.252. The van der Waals surface area contributed by atoms with Gasteiger partial charge in [-0.1, -0.05) is 22.4 Å². The Balaban J connectivity index is 1.99. The number of rotatable bonds is 4. The molecule has 2 rings (SSSR count). The van der Waals surface area contributed by atoms with Gasteiger partial charge in [-0.2, -0.15) is 0 Å². The second kappa shape index (κ2) is 5.05. The third kappa shape index (κ3) is 2.59. The van der Waals surface area contributed by atoms with Crippen molar-refractivity contribution < 1.29 is 9.13 Å². The van der Waals surface area contributed by atoms with E-state index in [0.717, 1.165) is 5.33 Å². The molecule has 0 N–H and O–H groups in total. The van der Waals surface area contributed by atoms with E-state index in [9.17, 15) is 4.39 Å². The van der Waals surface area contributed by atoms with E-state index in [0.29, 0.717) is 16.8 Å². The molecule has 16 heavy (non-hydrogen) atoms. The van der Waals surface area contributed by atoms with E-state index in [1.54, 1.807) is 6.07 Å². The number of hydrogen-bond acceptors (Lipinski definition) is 1. The van der Waals surface area contributed by atoms with Crippen molar-refractivity contribution in [1.29, 1.82) is 0 Å². The monoisotopic (exact) mass is 350 g/mol. The van der Waals surface area contributed by atoms with Crippen molar-refractivity contribution in [2.24, 2.45) is 5.41 Å². The van der Waals surface area contributed by atoms with Gasteiger partial charge in [-0.15, -0.1) is 0 Å². The van der Waals surface area contributed by atoms with Gasteiger partial charge in [0.1, 0.15) is 11.6 Å². The number of hydrogen-bond donors (Lipinski definition) is 0. The summed E-state index contributed by atoms with van der Waals surface area (Å²) in [6.45, 7) is 0.697. The second-order valence-corrected chi connectivity index (χ2v) is 5.77. The minimum Gasteiger partial charge on any atom is -0.492 e. The molecule has 0 bridgehead atoms. The molecule has 1 nitrogen and oxygen atoms in total. The van der Waals surface area contributed by atoms with E-state index < -0.39 is 0 Å². The van der Waals surface area contributed by atoms with Gasteiger partial charge in [0.15, 0.2) is 0 Å². The highest BCUT2D eigenvalue weighted by Gasteiger charge is 2.36. The summed E-state index contributed by atoms with van der Waals surface area (Å²) >= 11 is 6.84. The van der Waals surface area contributed by atoms with Crippen molar-refractivity contribution in [2.45, 2.75) is 19.3 Å². The molecule has 0 heterocycles. The molecule has 0 aliphatic heterocycles. The Morgan fingerprint density at radius 2 is 2.12 bits per heavy atom. The molecule has 1 aliphatic carbocycles. The van der Waals surface area contributed by atoms with Gasteiger partial charge in [0.25, 0.3) is 0 Å². The molecule has 4 heteroatoms. The Morgan fingerprint density at radius 1 is 1.38 bits per heavy atom. The first-order chi connectivity index (χ1) is 7.65. The smallest absolute Gasteiger partial charge is 0.133 e. The largest absolute Gasteiger partial charge is 0.492 e. The van der Waals surface area contributed by atoms with E-state index in [2.05, 4.69) is 31.9 Å². The van der Waals surface area contributed by atoms with Gasteiger partial charge < -0.3 is 4.74 Å². The van der Waals surface area contributed by atoms with Gasteiger partial charge in [0.05, 0.1) is 11.1 Å². The van der Waals surface area contributed by atoms with Crippen LogP contribution in [0.3, 0.4) is 0 Å². The van der Waals surface area contributed by atoms with Crippen LogP contribution in [0.5, 0.6) is 5.75 Å². The lowest BCUT2D eigenvalue weighted by atomic mass is 9.71. The molecule has 0 unspecified atom stereocenters. The number of ether oxygens (including phenoxy) is 1. The molecule has 0 aromatic heterocycles. The van der Waals surface area contributed by atoms with E-state index in [-0.39, 0.29) is 11.2 Å². The molecular formula is C12H13Br2FO. The summed E-state index contributed by atoms with van der Waals surface area (Å²) in [5, 5.41) is 0.971. The number of halogens is 3. The van der Waals surface area contributed by atoms with Gasteiger partial charge in [0.2, 0.25) is 0 Å². The maximum Gasteiger partial charge on any atom is 0.133 e. The van der Waals surface area contributed by atoms with Crippen LogP contribution in [-0.4, -0.2) is 11.9 Å². The lowest BCUT2D eigenvalue weighted by molar-refractivity contribution is 0.0833. The zero-order valence-electron chi connectivity index (χ0n) is 8.81. The first-order valence-corrected chi connectivity index (χ1v) is 7.20. The van der Waals surface area contributed by atoms with Crippen LogP contribution in [0.2, 0.25) is 0 Å². The van der Waals surface area contributed by atoms with Crippen LogP contribution in [0.25, 0.3) is 0 Å². The van der Waals surface area contributed by atoms with Gasteiger partial charge in [-0.05, 0) is 47.0 Å². The van der Waals surface area contributed by atoms with Crippen molar-refractivity contribution >= 4 is 31.9 Å². The topological polar surface area (TPSA) is 9.23 Å². The quantitative estimate of drug-likeness (QED) is 0.724. The summed E-state index contributed by atoms with van der Waals surface area (Å²) in [6, 6.07) is 4.51. The predicted molar refractivity (Wildman–Crippen MR) is 69.7 cm³/mol. The zero-order chi connectivity index (χ0) is 11.6. The molecule has 1 saturated carbocycles. The molecule has 1 fully saturated rings. The summed E-state index contributed by atoms with van der Waals surface area (Å²) in [7, 11) is 0. The third-order valence-electron chi connectivity index (χ3n) is 3.13.